The van der Waals surface area contributed by atoms with Gasteiger partial charge in [0, 0.05) is 19.2 Å². The topological polar surface area (TPSA) is 75.4 Å². The average Bonchev–Trinajstić information content (AvgIpc) is 2.56. The zero-order chi connectivity index (χ0) is 11.5. The molecule has 1 aromatic heterocycles. The van der Waals surface area contributed by atoms with Crippen LogP contribution in [0.15, 0.2) is 10.6 Å². The van der Waals surface area contributed by atoms with Crippen LogP contribution in [0.1, 0.15) is 22.7 Å². The van der Waals surface area contributed by atoms with Gasteiger partial charge in [-0.15, -0.1) is 0 Å². The number of hydrogen-bond acceptors (Lipinski definition) is 4. The lowest BCUT2D eigenvalue weighted by atomic mass is 10.3. The van der Waals surface area contributed by atoms with E-state index in [1.54, 1.807) is 13.0 Å². The third-order valence-corrected chi connectivity index (χ3v) is 2.39. The molecule has 0 unspecified atom stereocenters. The average molecular weight is 223 g/mol. The van der Waals surface area contributed by atoms with Crippen molar-refractivity contribution >= 4 is 11.8 Å². The van der Waals surface area contributed by atoms with Crippen LogP contribution in [0.2, 0.25) is 0 Å². The van der Waals surface area contributed by atoms with E-state index < -0.39 is 0 Å². The quantitative estimate of drug-likeness (QED) is 0.724. The van der Waals surface area contributed by atoms with Gasteiger partial charge in [0.2, 0.25) is 11.7 Å². The zero-order valence-corrected chi connectivity index (χ0v) is 9.02. The second kappa shape index (κ2) is 4.34. The van der Waals surface area contributed by atoms with E-state index in [0.29, 0.717) is 18.8 Å². The molecule has 1 N–H and O–H groups in total. The summed E-state index contributed by atoms with van der Waals surface area (Å²) in [5.41, 5.74) is 0.655. The fraction of sp³-hybridized carbons (Fsp3) is 0.500. The Morgan fingerprint density at radius 2 is 2.44 bits per heavy atom. The Morgan fingerprint density at radius 3 is 3.12 bits per heavy atom. The van der Waals surface area contributed by atoms with Gasteiger partial charge in [0.25, 0.3) is 5.91 Å². The number of aryl methyl sites for hydroxylation is 1. The third-order valence-electron chi connectivity index (χ3n) is 2.39. The molecule has 2 heterocycles. The molecule has 1 aromatic rings. The summed E-state index contributed by atoms with van der Waals surface area (Å²) < 4.78 is 4.88. The van der Waals surface area contributed by atoms with Gasteiger partial charge in [-0.25, -0.2) is 0 Å². The van der Waals surface area contributed by atoms with Gasteiger partial charge in [-0.05, 0) is 13.3 Å². The van der Waals surface area contributed by atoms with Crippen molar-refractivity contribution < 1.29 is 14.1 Å². The summed E-state index contributed by atoms with van der Waals surface area (Å²) in [6.45, 7) is 2.99. The van der Waals surface area contributed by atoms with E-state index in [-0.39, 0.29) is 24.1 Å². The van der Waals surface area contributed by atoms with Crippen LogP contribution in [0.3, 0.4) is 0 Å². The van der Waals surface area contributed by atoms with Crippen LogP contribution in [0.25, 0.3) is 0 Å². The first-order valence-electron chi connectivity index (χ1n) is 5.16. The molecule has 2 amide bonds. The predicted octanol–water partition coefficient (Wildman–Crippen LogP) is -0.0549. The first kappa shape index (κ1) is 10.7. The first-order chi connectivity index (χ1) is 7.66. The number of carbonyl (C=O) groups excluding carboxylic acids is 2. The van der Waals surface area contributed by atoms with Gasteiger partial charge < -0.3 is 14.7 Å². The summed E-state index contributed by atoms with van der Waals surface area (Å²) in [4.78, 5) is 24.7. The minimum Gasteiger partial charge on any atom is -0.354 e. The molecule has 0 spiro atoms. The van der Waals surface area contributed by atoms with Gasteiger partial charge >= 0.3 is 0 Å². The monoisotopic (exact) mass is 223 g/mol. The van der Waals surface area contributed by atoms with Crippen molar-refractivity contribution in [3.8, 4) is 0 Å². The number of nitrogens with zero attached hydrogens (tertiary/aromatic N) is 2. The van der Waals surface area contributed by atoms with Gasteiger partial charge in [0.1, 0.15) is 0 Å². The van der Waals surface area contributed by atoms with Crippen molar-refractivity contribution in [1.29, 1.82) is 0 Å². The van der Waals surface area contributed by atoms with E-state index in [2.05, 4.69) is 10.5 Å². The maximum atomic E-state index is 11.9. The second-order valence-corrected chi connectivity index (χ2v) is 3.76. The molecule has 2 rings (SSSR count). The molecule has 6 heteroatoms. The fourth-order valence-electron chi connectivity index (χ4n) is 1.60. The lowest BCUT2D eigenvalue weighted by molar-refractivity contribution is -0.121. The van der Waals surface area contributed by atoms with E-state index in [4.69, 9.17) is 4.52 Å². The van der Waals surface area contributed by atoms with Gasteiger partial charge in [-0.1, -0.05) is 5.16 Å². The summed E-state index contributed by atoms with van der Waals surface area (Å²) >= 11 is 0. The molecule has 1 saturated heterocycles. The molecule has 0 aromatic carbocycles. The Kier molecular flexibility index (Phi) is 2.89. The Morgan fingerprint density at radius 1 is 1.62 bits per heavy atom. The number of nitrogens with one attached hydrogen (secondary N) is 1. The molecule has 6 nitrogen and oxygen atoms in total. The predicted molar refractivity (Wildman–Crippen MR) is 54.8 cm³/mol. The Labute approximate surface area is 92.6 Å². The molecule has 0 aliphatic carbocycles. The minimum atomic E-state index is -0.280. The minimum absolute atomic E-state index is 0.0819. The molecule has 16 heavy (non-hydrogen) atoms. The third kappa shape index (κ3) is 2.21. The van der Waals surface area contributed by atoms with Gasteiger partial charge in [0.15, 0.2) is 0 Å². The molecular weight excluding hydrogens is 210 g/mol. The molecule has 1 aliphatic heterocycles. The first-order valence-corrected chi connectivity index (χ1v) is 5.16. The molecule has 1 aliphatic rings. The molecule has 0 bridgehead atoms. The van der Waals surface area contributed by atoms with Crippen molar-refractivity contribution in [3.63, 3.8) is 0 Å². The van der Waals surface area contributed by atoms with Crippen LogP contribution >= 0.6 is 0 Å². The van der Waals surface area contributed by atoms with Crippen LogP contribution in [0.4, 0.5) is 0 Å². The van der Waals surface area contributed by atoms with Crippen LogP contribution in [-0.2, 0) is 4.79 Å². The van der Waals surface area contributed by atoms with E-state index in [1.807, 2.05) is 0 Å². The highest BCUT2D eigenvalue weighted by atomic mass is 16.5. The van der Waals surface area contributed by atoms with Crippen molar-refractivity contribution in [1.82, 2.24) is 15.4 Å². The number of hydrogen-bond donors (Lipinski definition) is 1. The van der Waals surface area contributed by atoms with Crippen molar-refractivity contribution in [2.24, 2.45) is 0 Å². The Hall–Kier alpha value is -1.85. The molecule has 0 atom stereocenters. The van der Waals surface area contributed by atoms with Crippen molar-refractivity contribution in [2.75, 3.05) is 19.6 Å². The number of carbonyl (C=O) groups is 2. The highest BCUT2D eigenvalue weighted by Gasteiger charge is 2.23. The number of aromatic nitrogens is 1. The summed E-state index contributed by atoms with van der Waals surface area (Å²) in [7, 11) is 0. The zero-order valence-electron chi connectivity index (χ0n) is 9.02. The van der Waals surface area contributed by atoms with E-state index in [0.717, 1.165) is 6.42 Å². The lowest BCUT2D eigenvalue weighted by Gasteiger charge is -2.16. The number of rotatable bonds is 1. The second-order valence-electron chi connectivity index (χ2n) is 3.76. The van der Waals surface area contributed by atoms with Gasteiger partial charge in [-0.3, -0.25) is 9.59 Å². The molecule has 86 valence electrons. The molecular formula is C10H13N3O3. The maximum absolute atomic E-state index is 11.9. The van der Waals surface area contributed by atoms with Crippen LogP contribution in [0, 0.1) is 6.92 Å². The molecule has 0 saturated carbocycles. The summed E-state index contributed by atoms with van der Waals surface area (Å²) in [6.07, 6.45) is 0.755. The standard InChI is InChI=1S/C10H13N3O3/c1-7-5-8(16-12-7)10(15)13-4-2-3-11-9(14)6-13/h5H,2-4,6H2,1H3,(H,11,14). The van der Waals surface area contributed by atoms with Crippen molar-refractivity contribution in [3.05, 3.63) is 17.5 Å². The maximum Gasteiger partial charge on any atom is 0.292 e. The van der Waals surface area contributed by atoms with E-state index >= 15 is 0 Å². The fourth-order valence-corrected chi connectivity index (χ4v) is 1.60. The van der Waals surface area contributed by atoms with E-state index in [9.17, 15) is 9.59 Å². The molecule has 1 fully saturated rings. The van der Waals surface area contributed by atoms with Crippen LogP contribution in [-0.4, -0.2) is 41.5 Å². The van der Waals surface area contributed by atoms with Gasteiger partial charge in [-0.2, -0.15) is 0 Å². The van der Waals surface area contributed by atoms with Crippen LogP contribution in [0.5, 0.6) is 0 Å². The summed E-state index contributed by atoms with van der Waals surface area (Å²) in [5, 5.41) is 6.36. The van der Waals surface area contributed by atoms with Crippen molar-refractivity contribution in [2.45, 2.75) is 13.3 Å². The van der Waals surface area contributed by atoms with Crippen LogP contribution < -0.4 is 5.32 Å². The normalized spacial score (nSPS) is 16.8. The smallest absolute Gasteiger partial charge is 0.292 e. The number of amides is 2. The largest absolute Gasteiger partial charge is 0.354 e. The highest BCUT2D eigenvalue weighted by Crippen LogP contribution is 2.08. The Bertz CT molecular complexity index is 413. The highest BCUT2D eigenvalue weighted by molar-refractivity contribution is 5.94. The van der Waals surface area contributed by atoms with Gasteiger partial charge in [0.05, 0.1) is 12.2 Å². The summed E-state index contributed by atoms with van der Waals surface area (Å²) in [6, 6.07) is 1.57. The Balaban J connectivity index is 2.11. The lowest BCUT2D eigenvalue weighted by Crippen LogP contribution is -2.37. The summed E-state index contributed by atoms with van der Waals surface area (Å²) in [5.74, 6) is -0.230. The SMILES string of the molecule is Cc1cc(C(=O)N2CCCNC(=O)C2)on1. The van der Waals surface area contributed by atoms with E-state index in [1.165, 1.54) is 4.90 Å². The molecule has 0 radical (unpaired) electrons.